The number of H-pyrrole nitrogens is 2. The van der Waals surface area contributed by atoms with E-state index in [4.69, 9.17) is 17.2 Å². The number of benzene rings is 2. The summed E-state index contributed by atoms with van der Waals surface area (Å²) in [7, 11) is 0. The van der Waals surface area contributed by atoms with Gasteiger partial charge in [0.2, 0.25) is 11.9 Å². The molecule has 8 aromatic rings. The zero-order valence-electron chi connectivity index (χ0n) is 34.2. The van der Waals surface area contributed by atoms with Crippen molar-refractivity contribution in [2.24, 2.45) is 5.73 Å². The van der Waals surface area contributed by atoms with Crippen molar-refractivity contribution < 1.29 is 14.7 Å². The molecule has 0 bridgehead atoms. The van der Waals surface area contributed by atoms with Crippen molar-refractivity contribution in [3.63, 3.8) is 0 Å². The van der Waals surface area contributed by atoms with Crippen LogP contribution in [0, 0.1) is 0 Å². The van der Waals surface area contributed by atoms with Gasteiger partial charge in [0.25, 0.3) is 5.91 Å². The van der Waals surface area contributed by atoms with E-state index in [9.17, 15) is 14.7 Å². The lowest BCUT2D eigenvalue weighted by Crippen LogP contribution is -2.26. The smallest absolute Gasteiger partial charge is 0.335 e. The molecule has 308 valence electrons. The highest BCUT2D eigenvalue weighted by molar-refractivity contribution is 6.01. The van der Waals surface area contributed by atoms with Crippen LogP contribution < -0.4 is 22.5 Å². The average molecular weight is 815 g/mol. The molecule has 2 aromatic carbocycles. The molecule has 1 amide bonds. The minimum atomic E-state index is -0.928. The molecular formula is C46H46N12O3. The lowest BCUT2D eigenvalue weighted by molar-refractivity contribution is 0.0696. The summed E-state index contributed by atoms with van der Waals surface area (Å²) in [6.45, 7) is 9.61. The lowest BCUT2D eigenvalue weighted by Gasteiger charge is -2.31. The van der Waals surface area contributed by atoms with E-state index in [-0.39, 0.29) is 34.2 Å². The second kappa shape index (κ2) is 15.9. The zero-order valence-corrected chi connectivity index (χ0v) is 34.2. The first kappa shape index (κ1) is 40.3. The Morgan fingerprint density at radius 1 is 0.689 bits per heavy atom. The van der Waals surface area contributed by atoms with Gasteiger partial charge in [-0.3, -0.25) is 14.8 Å². The van der Waals surface area contributed by atoms with Crippen molar-refractivity contribution in [1.29, 1.82) is 0 Å². The van der Waals surface area contributed by atoms with E-state index in [0.717, 1.165) is 91.1 Å². The first-order valence-corrected chi connectivity index (χ1v) is 19.8. The standard InChI is InChI=1S/C23H22N6O.C17H16N4O2.C6H8N2/c1-23(2)10-14-11-27-22(24)29-19(14)20-18(23)16-9-13(6-7-17(16)28-20)21(30)26-12-15-5-3-4-8-25-15;1-17(2)6-9-7-19-16(18)21-13(9)14-12(17)10-5-8(15(22)23)3-4-11(10)20-14;7-5-6-3-1-2-4-8-6/h3-9,11,28H,10,12H2,1-2H3,(H,26,30)(H2,24,27,29);3-5,7,20H,6H2,1-2H3,(H,22,23)(H2,18,19,21);1-4H,5,7H2. The zero-order chi connectivity index (χ0) is 43.1. The van der Waals surface area contributed by atoms with Crippen LogP contribution in [0.25, 0.3) is 44.6 Å². The van der Waals surface area contributed by atoms with E-state index >= 15 is 0 Å². The topological polar surface area (TPSA) is 253 Å². The molecule has 0 atom stereocenters. The third-order valence-corrected chi connectivity index (χ3v) is 11.1. The Balaban J connectivity index is 0.000000146. The minimum Gasteiger partial charge on any atom is -0.478 e. The van der Waals surface area contributed by atoms with Gasteiger partial charge in [-0.25, -0.2) is 24.7 Å². The van der Waals surface area contributed by atoms with Gasteiger partial charge in [-0.1, -0.05) is 39.8 Å². The molecule has 10 rings (SSSR count). The van der Waals surface area contributed by atoms with Gasteiger partial charge in [-0.2, -0.15) is 0 Å². The molecule has 0 radical (unpaired) electrons. The van der Waals surface area contributed by atoms with Crippen LogP contribution in [0.4, 0.5) is 11.9 Å². The molecule has 10 N–H and O–H groups in total. The molecule has 0 saturated carbocycles. The second-order valence-corrected chi connectivity index (χ2v) is 16.4. The van der Waals surface area contributed by atoms with Gasteiger partial charge < -0.3 is 37.6 Å². The molecule has 15 nitrogen and oxygen atoms in total. The van der Waals surface area contributed by atoms with Crippen molar-refractivity contribution in [2.45, 2.75) is 64.5 Å². The molecule has 0 spiro atoms. The Labute approximate surface area is 351 Å². The number of aromatic amines is 2. The predicted octanol–water partition coefficient (Wildman–Crippen LogP) is 6.65. The van der Waals surface area contributed by atoms with Gasteiger partial charge in [-0.05, 0) is 107 Å². The van der Waals surface area contributed by atoms with E-state index in [1.165, 1.54) is 0 Å². The largest absolute Gasteiger partial charge is 0.478 e. The maximum absolute atomic E-state index is 12.8. The fourth-order valence-electron chi connectivity index (χ4n) is 8.38. The van der Waals surface area contributed by atoms with Crippen molar-refractivity contribution >= 4 is 45.6 Å². The number of carbonyl (C=O) groups excluding carboxylic acids is 1. The number of hydrogen-bond donors (Lipinski definition) is 7. The van der Waals surface area contributed by atoms with Crippen LogP contribution >= 0.6 is 0 Å². The van der Waals surface area contributed by atoms with Crippen molar-refractivity contribution in [3.05, 3.63) is 142 Å². The number of nitrogens with one attached hydrogen (secondary N) is 3. The van der Waals surface area contributed by atoms with Crippen molar-refractivity contribution in [3.8, 4) is 22.8 Å². The Bertz CT molecular complexity index is 2940. The fraction of sp³-hybridized carbons (Fsp3) is 0.217. The monoisotopic (exact) mass is 814 g/mol. The number of anilines is 2. The number of carboxylic acids is 1. The summed E-state index contributed by atoms with van der Waals surface area (Å²) in [5, 5.41) is 14.2. The average Bonchev–Trinajstić information content (AvgIpc) is 3.85. The van der Waals surface area contributed by atoms with Crippen LogP contribution in [-0.2, 0) is 36.8 Å². The van der Waals surface area contributed by atoms with E-state index in [0.29, 0.717) is 18.7 Å². The highest BCUT2D eigenvalue weighted by Gasteiger charge is 2.37. The van der Waals surface area contributed by atoms with Crippen LogP contribution in [0.3, 0.4) is 0 Å². The second-order valence-electron chi connectivity index (χ2n) is 16.4. The van der Waals surface area contributed by atoms with Crippen LogP contribution in [0.1, 0.15) is 82.1 Å². The molecule has 0 fully saturated rings. The van der Waals surface area contributed by atoms with E-state index < -0.39 is 5.97 Å². The Kier molecular flexibility index (Phi) is 10.5. The number of nitrogens with zero attached hydrogens (tertiary/aromatic N) is 6. The van der Waals surface area contributed by atoms with E-state index in [1.54, 1.807) is 36.8 Å². The number of carbonyl (C=O) groups is 2. The quantitative estimate of drug-likeness (QED) is 0.0965. The molecule has 0 unspecified atom stereocenters. The number of aromatic carboxylic acids is 1. The molecule has 0 aliphatic heterocycles. The van der Waals surface area contributed by atoms with Gasteiger partial charge in [-0.15, -0.1) is 0 Å². The number of aromatic nitrogens is 8. The van der Waals surface area contributed by atoms with Crippen molar-refractivity contribution in [1.82, 2.24) is 45.2 Å². The molecule has 2 aliphatic rings. The van der Waals surface area contributed by atoms with E-state index in [1.807, 2.05) is 60.8 Å². The number of pyridine rings is 2. The number of nitrogens with two attached hydrogens (primary N) is 3. The maximum Gasteiger partial charge on any atom is 0.335 e. The summed E-state index contributed by atoms with van der Waals surface area (Å²) in [6, 6.07) is 22.2. The number of fused-ring (bicyclic) bond motifs is 10. The van der Waals surface area contributed by atoms with Gasteiger partial charge >= 0.3 is 5.97 Å². The molecule has 61 heavy (non-hydrogen) atoms. The molecule has 6 aromatic heterocycles. The minimum absolute atomic E-state index is 0.127. The summed E-state index contributed by atoms with van der Waals surface area (Å²) in [6.07, 6.45) is 8.62. The van der Waals surface area contributed by atoms with E-state index in [2.05, 4.69) is 72.9 Å². The third-order valence-electron chi connectivity index (χ3n) is 11.1. The third kappa shape index (κ3) is 7.98. The normalized spacial score (nSPS) is 13.9. The van der Waals surface area contributed by atoms with Crippen molar-refractivity contribution in [2.75, 3.05) is 11.5 Å². The number of rotatable bonds is 5. The van der Waals surface area contributed by atoms with Crippen LogP contribution in [0.15, 0.2) is 97.6 Å². The molecule has 6 heterocycles. The van der Waals surface area contributed by atoms with Crippen LogP contribution in [0.2, 0.25) is 0 Å². The fourth-order valence-corrected chi connectivity index (χ4v) is 8.38. The molecule has 15 heteroatoms. The summed E-state index contributed by atoms with van der Waals surface area (Å²) in [5.41, 5.74) is 29.0. The number of carboxylic acid groups (broad SMARTS) is 1. The highest BCUT2D eigenvalue weighted by atomic mass is 16.4. The summed E-state index contributed by atoms with van der Waals surface area (Å²) >= 11 is 0. The molecular weight excluding hydrogens is 769 g/mol. The predicted molar refractivity (Wildman–Crippen MR) is 235 cm³/mol. The van der Waals surface area contributed by atoms with Crippen LogP contribution in [-0.4, -0.2) is 56.9 Å². The summed E-state index contributed by atoms with van der Waals surface area (Å²) < 4.78 is 0. The SMILES string of the molecule is CC1(C)Cc2cnc(N)nc2-c2[nH]c3ccc(C(=O)NCc4ccccn4)cc3c21.CC1(C)Cc2cnc(N)nc2-c2[nH]c3ccc(C(=O)O)cc3c21.NCc1ccccn1. The maximum atomic E-state index is 12.8. The number of nitrogen functional groups attached to an aromatic ring is 2. The first-order valence-electron chi connectivity index (χ1n) is 19.8. The number of hydrogen-bond acceptors (Lipinski definition) is 11. The van der Waals surface area contributed by atoms with Gasteiger partial charge in [0.05, 0.1) is 46.3 Å². The molecule has 0 saturated heterocycles. The Hall–Kier alpha value is -7.52. The number of amides is 1. The highest BCUT2D eigenvalue weighted by Crippen LogP contribution is 2.47. The van der Waals surface area contributed by atoms with Crippen LogP contribution in [0.5, 0.6) is 0 Å². The summed E-state index contributed by atoms with van der Waals surface area (Å²) in [5.74, 6) is -0.563. The Morgan fingerprint density at radius 3 is 1.64 bits per heavy atom. The van der Waals surface area contributed by atoms with Gasteiger partial charge in [0.15, 0.2) is 0 Å². The Morgan fingerprint density at radius 2 is 1.18 bits per heavy atom. The summed E-state index contributed by atoms with van der Waals surface area (Å²) in [4.78, 5) is 56.3. The van der Waals surface area contributed by atoms with Gasteiger partial charge in [0, 0.05) is 58.7 Å². The van der Waals surface area contributed by atoms with Gasteiger partial charge in [0.1, 0.15) is 0 Å². The lowest BCUT2D eigenvalue weighted by atomic mass is 9.73. The molecule has 2 aliphatic carbocycles. The first-order chi connectivity index (χ1) is 29.2.